The van der Waals surface area contributed by atoms with E-state index in [4.69, 9.17) is 0 Å². The molecule has 0 aromatic heterocycles. The molecule has 6 rings (SSSR count). The second-order valence-electron chi connectivity index (χ2n) is 10.8. The predicted octanol–water partition coefficient (Wildman–Crippen LogP) is 4.79. The molecule has 1 aromatic rings. The molecule has 0 unspecified atom stereocenters. The number of likely N-dealkylation sites (tertiary alicyclic amines) is 1. The average molecular weight is 427 g/mol. The van der Waals surface area contributed by atoms with Gasteiger partial charge in [0.15, 0.2) is 0 Å². The third-order valence-electron chi connectivity index (χ3n) is 8.79. The van der Waals surface area contributed by atoms with E-state index < -0.39 is 0 Å². The zero-order valence-corrected chi connectivity index (χ0v) is 18.6. The Labute approximate surface area is 185 Å². The summed E-state index contributed by atoms with van der Waals surface area (Å²) in [5.74, 6) is 2.43. The Balaban J connectivity index is 1.18. The quantitative estimate of drug-likeness (QED) is 0.736. The van der Waals surface area contributed by atoms with Gasteiger partial charge in [-0.05, 0) is 105 Å². The standard InChI is InChI=1S/C26H35FN2O2/c1-2-23(26-14-17-11-18(15-26)13-19(12-17)16-26)28-24(30)20-7-9-29(10-8-20)25(31)21-3-5-22(27)6-4-21/h3-6,17-20,23H,2,7-16H2,1H3,(H,28,30)/t17?,18?,19?,23-,26?/m1/s1. The van der Waals surface area contributed by atoms with E-state index in [1.54, 1.807) is 4.90 Å². The van der Waals surface area contributed by atoms with Crippen LogP contribution >= 0.6 is 0 Å². The van der Waals surface area contributed by atoms with Crippen LogP contribution in [0.15, 0.2) is 24.3 Å². The van der Waals surface area contributed by atoms with E-state index in [1.165, 1.54) is 62.8 Å². The van der Waals surface area contributed by atoms with Gasteiger partial charge in [0, 0.05) is 30.6 Å². The fourth-order valence-corrected chi connectivity index (χ4v) is 7.70. The highest BCUT2D eigenvalue weighted by molar-refractivity contribution is 5.94. The molecule has 1 aliphatic heterocycles. The smallest absolute Gasteiger partial charge is 0.253 e. The summed E-state index contributed by atoms with van der Waals surface area (Å²) in [6, 6.07) is 6.01. The molecule has 4 saturated carbocycles. The lowest BCUT2D eigenvalue weighted by Crippen LogP contribution is -2.57. The van der Waals surface area contributed by atoms with E-state index >= 15 is 0 Å². The second-order valence-corrected chi connectivity index (χ2v) is 10.8. The summed E-state index contributed by atoms with van der Waals surface area (Å²) >= 11 is 0. The van der Waals surface area contributed by atoms with Crippen molar-refractivity contribution in [2.75, 3.05) is 13.1 Å². The van der Waals surface area contributed by atoms with Crippen LogP contribution < -0.4 is 5.32 Å². The monoisotopic (exact) mass is 426 g/mol. The summed E-state index contributed by atoms with van der Waals surface area (Å²) in [6.07, 6.45) is 10.6. The van der Waals surface area contributed by atoms with Crippen molar-refractivity contribution in [1.29, 1.82) is 0 Å². The molecule has 168 valence electrons. The van der Waals surface area contributed by atoms with Gasteiger partial charge in [0.25, 0.3) is 5.91 Å². The molecule has 2 amide bonds. The van der Waals surface area contributed by atoms with Crippen molar-refractivity contribution in [3.63, 3.8) is 0 Å². The van der Waals surface area contributed by atoms with Gasteiger partial charge in [-0.2, -0.15) is 0 Å². The molecule has 5 heteroatoms. The van der Waals surface area contributed by atoms with Crippen LogP contribution in [0.25, 0.3) is 0 Å². The fraction of sp³-hybridized carbons (Fsp3) is 0.692. The van der Waals surface area contributed by atoms with Crippen LogP contribution in [0.5, 0.6) is 0 Å². The van der Waals surface area contributed by atoms with Gasteiger partial charge in [0.1, 0.15) is 5.82 Å². The van der Waals surface area contributed by atoms with E-state index in [1.807, 2.05) is 0 Å². The summed E-state index contributed by atoms with van der Waals surface area (Å²) in [5.41, 5.74) is 0.843. The van der Waals surface area contributed by atoms with E-state index in [9.17, 15) is 14.0 Å². The molecule has 4 nitrogen and oxygen atoms in total. The van der Waals surface area contributed by atoms with Crippen LogP contribution in [-0.2, 0) is 4.79 Å². The third-order valence-corrected chi connectivity index (χ3v) is 8.79. The molecule has 1 atom stereocenters. The SMILES string of the molecule is CC[C@@H](NC(=O)C1CCN(C(=O)c2ccc(F)cc2)CC1)C12CC3CC(CC(C3)C1)C2. The minimum atomic E-state index is -0.337. The highest BCUT2D eigenvalue weighted by Crippen LogP contribution is 2.61. The Morgan fingerprint density at radius 3 is 2.10 bits per heavy atom. The number of carbonyl (C=O) groups excluding carboxylic acids is 2. The number of rotatable bonds is 5. The van der Waals surface area contributed by atoms with E-state index in [2.05, 4.69) is 12.2 Å². The molecular formula is C26H35FN2O2. The number of halogens is 1. The highest BCUT2D eigenvalue weighted by atomic mass is 19.1. The number of amides is 2. The Hall–Kier alpha value is -1.91. The van der Waals surface area contributed by atoms with Gasteiger partial charge in [0.2, 0.25) is 5.91 Å². The average Bonchev–Trinajstić information content (AvgIpc) is 2.76. The first-order valence-corrected chi connectivity index (χ1v) is 12.3. The van der Waals surface area contributed by atoms with Crippen molar-refractivity contribution in [2.24, 2.45) is 29.1 Å². The van der Waals surface area contributed by atoms with Crippen molar-refractivity contribution >= 4 is 11.8 Å². The lowest BCUT2D eigenvalue weighted by Gasteiger charge is -2.59. The van der Waals surface area contributed by atoms with Gasteiger partial charge >= 0.3 is 0 Å². The number of hydrogen-bond acceptors (Lipinski definition) is 2. The number of carbonyl (C=O) groups is 2. The second kappa shape index (κ2) is 8.22. The molecule has 1 saturated heterocycles. The zero-order chi connectivity index (χ0) is 21.6. The predicted molar refractivity (Wildman–Crippen MR) is 118 cm³/mol. The largest absolute Gasteiger partial charge is 0.353 e. The Morgan fingerprint density at radius 1 is 1.03 bits per heavy atom. The van der Waals surface area contributed by atoms with Gasteiger partial charge in [-0.1, -0.05) is 6.92 Å². The molecule has 5 aliphatic rings. The van der Waals surface area contributed by atoms with Gasteiger partial charge in [-0.3, -0.25) is 9.59 Å². The van der Waals surface area contributed by atoms with Gasteiger partial charge in [0.05, 0.1) is 0 Å². The summed E-state index contributed by atoms with van der Waals surface area (Å²) in [5, 5.41) is 3.49. The van der Waals surface area contributed by atoms with E-state index in [0.717, 1.165) is 24.2 Å². The minimum absolute atomic E-state index is 0.0137. The number of nitrogens with zero attached hydrogens (tertiary/aromatic N) is 1. The molecule has 0 radical (unpaired) electrons. The molecule has 1 aromatic carbocycles. The number of nitrogens with one attached hydrogen (secondary N) is 1. The molecular weight excluding hydrogens is 391 g/mol. The summed E-state index contributed by atoms with van der Waals surface area (Å²) in [6.45, 7) is 3.40. The van der Waals surface area contributed by atoms with Crippen molar-refractivity contribution in [1.82, 2.24) is 10.2 Å². The van der Waals surface area contributed by atoms with Crippen LogP contribution in [0, 0.1) is 34.9 Å². The maximum atomic E-state index is 13.2. The minimum Gasteiger partial charge on any atom is -0.353 e. The summed E-state index contributed by atoms with van der Waals surface area (Å²) in [4.78, 5) is 27.7. The van der Waals surface area contributed by atoms with Crippen LogP contribution in [-0.4, -0.2) is 35.8 Å². The van der Waals surface area contributed by atoms with Gasteiger partial charge in [-0.15, -0.1) is 0 Å². The molecule has 5 fully saturated rings. The lowest BCUT2D eigenvalue weighted by molar-refractivity contribution is -0.131. The normalized spacial score (nSPS) is 33.4. The van der Waals surface area contributed by atoms with Crippen LogP contribution in [0.1, 0.15) is 75.1 Å². The molecule has 1 N–H and O–H groups in total. The maximum absolute atomic E-state index is 13.2. The molecule has 4 bridgehead atoms. The molecule has 4 aliphatic carbocycles. The van der Waals surface area contributed by atoms with Crippen molar-refractivity contribution in [2.45, 2.75) is 70.8 Å². The first-order valence-electron chi connectivity index (χ1n) is 12.3. The Morgan fingerprint density at radius 2 is 1.58 bits per heavy atom. The third kappa shape index (κ3) is 4.01. The first kappa shape index (κ1) is 21.0. The maximum Gasteiger partial charge on any atom is 0.253 e. The topological polar surface area (TPSA) is 49.4 Å². The van der Waals surface area contributed by atoms with Crippen molar-refractivity contribution in [3.05, 3.63) is 35.6 Å². The van der Waals surface area contributed by atoms with Crippen LogP contribution in [0.3, 0.4) is 0 Å². The van der Waals surface area contributed by atoms with Gasteiger partial charge < -0.3 is 10.2 Å². The Kier molecular flexibility index (Phi) is 5.56. The van der Waals surface area contributed by atoms with E-state index in [-0.39, 0.29) is 23.5 Å². The number of benzene rings is 1. The number of hydrogen-bond donors (Lipinski definition) is 1. The van der Waals surface area contributed by atoms with Crippen molar-refractivity contribution in [3.8, 4) is 0 Å². The summed E-state index contributed by atoms with van der Waals surface area (Å²) < 4.78 is 13.1. The molecule has 0 spiro atoms. The number of piperidine rings is 1. The Bertz CT molecular complexity index is 793. The van der Waals surface area contributed by atoms with Crippen LogP contribution in [0.4, 0.5) is 4.39 Å². The van der Waals surface area contributed by atoms with E-state index in [0.29, 0.717) is 43.0 Å². The molecule has 31 heavy (non-hydrogen) atoms. The first-order chi connectivity index (χ1) is 15.0. The lowest BCUT2D eigenvalue weighted by atomic mass is 9.47. The van der Waals surface area contributed by atoms with Crippen molar-refractivity contribution < 1.29 is 14.0 Å². The van der Waals surface area contributed by atoms with Gasteiger partial charge in [-0.25, -0.2) is 4.39 Å². The highest BCUT2D eigenvalue weighted by Gasteiger charge is 2.54. The zero-order valence-electron chi connectivity index (χ0n) is 18.6. The van der Waals surface area contributed by atoms with Crippen LogP contribution in [0.2, 0.25) is 0 Å². The summed E-state index contributed by atoms with van der Waals surface area (Å²) in [7, 11) is 0. The fourth-order valence-electron chi connectivity index (χ4n) is 7.70. The molecule has 1 heterocycles.